The topological polar surface area (TPSA) is 6.48 Å². The van der Waals surface area contributed by atoms with E-state index in [-0.39, 0.29) is 16.2 Å². The Morgan fingerprint density at radius 3 is 1.10 bits per heavy atom. The van der Waals surface area contributed by atoms with Crippen molar-refractivity contribution < 1.29 is 0 Å². The fourth-order valence-electron chi connectivity index (χ4n) is 16.9. The van der Waals surface area contributed by atoms with Crippen LogP contribution in [0.25, 0.3) is 66.8 Å². The molecule has 0 heterocycles. The van der Waals surface area contributed by atoms with E-state index in [0.717, 1.165) is 28.4 Å². The third kappa shape index (κ3) is 7.04. The molecule has 0 N–H and O–H groups in total. The predicted octanol–water partition coefficient (Wildman–Crippen LogP) is 22.5. The summed E-state index contributed by atoms with van der Waals surface area (Å²) in [5.41, 5.74) is 38.9. The average molecular weight is 1120 g/mol. The van der Waals surface area contributed by atoms with Gasteiger partial charge in [-0.05, 0) is 210 Å². The van der Waals surface area contributed by atoms with E-state index in [9.17, 15) is 0 Å². The summed E-state index contributed by atoms with van der Waals surface area (Å²) in [6.07, 6.45) is 0. The van der Waals surface area contributed by atoms with Gasteiger partial charge < -0.3 is 9.80 Å². The largest absolute Gasteiger partial charge is 0.310 e. The van der Waals surface area contributed by atoms with Crippen LogP contribution in [-0.2, 0) is 21.7 Å². The van der Waals surface area contributed by atoms with Crippen molar-refractivity contribution in [2.24, 2.45) is 0 Å². The second kappa shape index (κ2) is 18.1. The van der Waals surface area contributed by atoms with E-state index in [4.69, 9.17) is 0 Å². The van der Waals surface area contributed by atoms with Crippen molar-refractivity contribution in [3.63, 3.8) is 0 Å². The van der Waals surface area contributed by atoms with Crippen LogP contribution in [0.4, 0.5) is 34.1 Å². The molecule has 5 aliphatic carbocycles. The van der Waals surface area contributed by atoms with Gasteiger partial charge in [0.1, 0.15) is 0 Å². The number of anilines is 6. The van der Waals surface area contributed by atoms with E-state index in [2.05, 4.69) is 321 Å². The lowest BCUT2D eigenvalue weighted by atomic mass is 9.70. The zero-order chi connectivity index (χ0) is 59.0. The average Bonchev–Trinajstić information content (AvgIpc) is 1.53. The number of fused-ring (bicyclic) bond motifs is 19. The van der Waals surface area contributed by atoms with Crippen LogP contribution in [-0.4, -0.2) is 0 Å². The van der Waals surface area contributed by atoms with Crippen LogP contribution in [0.1, 0.15) is 114 Å². The summed E-state index contributed by atoms with van der Waals surface area (Å²) >= 11 is 0. The Balaban J connectivity index is 0.805. The van der Waals surface area contributed by atoms with Crippen LogP contribution in [0.2, 0.25) is 0 Å². The lowest BCUT2D eigenvalue weighted by molar-refractivity contribution is 0.659. The zero-order valence-electron chi connectivity index (χ0n) is 51.1. The number of nitrogens with zero attached hydrogens (tertiary/aromatic N) is 2. The molecule has 87 heavy (non-hydrogen) atoms. The van der Waals surface area contributed by atoms with Gasteiger partial charge in [0.25, 0.3) is 0 Å². The molecule has 2 nitrogen and oxygen atoms in total. The minimum atomic E-state index is -0.471. The first-order valence-electron chi connectivity index (χ1n) is 31.1. The molecule has 5 aliphatic rings. The Bertz CT molecular complexity index is 4770. The third-order valence-electron chi connectivity index (χ3n) is 21.1. The van der Waals surface area contributed by atoms with Gasteiger partial charge in [-0.2, -0.15) is 0 Å². The van der Waals surface area contributed by atoms with Crippen LogP contribution in [0.3, 0.4) is 0 Å². The smallest absolute Gasteiger partial charge is 0.0726 e. The quantitative estimate of drug-likeness (QED) is 0.157. The van der Waals surface area contributed by atoms with Crippen LogP contribution < -0.4 is 9.80 Å². The van der Waals surface area contributed by atoms with E-state index in [1.807, 2.05) is 0 Å². The number of hydrogen-bond donors (Lipinski definition) is 0. The van der Waals surface area contributed by atoms with Crippen LogP contribution in [0.15, 0.2) is 249 Å². The molecular formula is C85H68N2. The number of hydrogen-bond acceptors (Lipinski definition) is 2. The van der Waals surface area contributed by atoms with Gasteiger partial charge in [-0.3, -0.25) is 0 Å². The molecule has 1 spiro atoms. The molecule has 0 aromatic heterocycles. The number of benzene rings is 12. The third-order valence-corrected chi connectivity index (χ3v) is 21.1. The summed E-state index contributed by atoms with van der Waals surface area (Å²) in [4.78, 5) is 5.06. The lowest BCUT2D eigenvalue weighted by Gasteiger charge is -2.33. The molecule has 0 aliphatic heterocycles. The van der Waals surface area contributed by atoms with Gasteiger partial charge in [0.15, 0.2) is 0 Å². The predicted molar refractivity (Wildman–Crippen MR) is 364 cm³/mol. The molecule has 0 saturated carbocycles. The Hall–Kier alpha value is -9.76. The molecule has 12 aromatic carbocycles. The van der Waals surface area contributed by atoms with Crippen molar-refractivity contribution in [3.05, 3.63) is 321 Å². The molecule has 0 saturated heterocycles. The van der Waals surface area contributed by atoms with E-state index >= 15 is 0 Å². The molecule has 0 unspecified atom stereocenters. The monoisotopic (exact) mass is 1120 g/mol. The van der Waals surface area contributed by atoms with Crippen LogP contribution in [0, 0.1) is 20.8 Å². The Morgan fingerprint density at radius 2 is 0.598 bits per heavy atom. The highest BCUT2D eigenvalue weighted by Gasteiger charge is 2.52. The molecule has 0 fully saturated rings. The van der Waals surface area contributed by atoms with E-state index in [1.54, 1.807) is 0 Å². The van der Waals surface area contributed by atoms with Crippen molar-refractivity contribution in [3.8, 4) is 66.8 Å². The molecule has 12 aromatic rings. The Morgan fingerprint density at radius 1 is 0.241 bits per heavy atom. The molecule has 17 rings (SSSR count). The van der Waals surface area contributed by atoms with Crippen LogP contribution in [0.5, 0.6) is 0 Å². The van der Waals surface area contributed by atoms with E-state index < -0.39 is 5.41 Å². The Kier molecular flexibility index (Phi) is 10.8. The summed E-state index contributed by atoms with van der Waals surface area (Å²) in [6.45, 7) is 21.1. The summed E-state index contributed by atoms with van der Waals surface area (Å²) in [6, 6.07) is 95.6. The van der Waals surface area contributed by atoms with Crippen molar-refractivity contribution >= 4 is 34.1 Å². The van der Waals surface area contributed by atoms with Crippen LogP contribution >= 0.6 is 0 Å². The molecule has 0 atom stereocenters. The van der Waals surface area contributed by atoms with E-state index in [0.29, 0.717) is 0 Å². The maximum atomic E-state index is 2.55. The first-order chi connectivity index (χ1) is 42.1. The molecule has 2 heteroatoms. The van der Waals surface area contributed by atoms with Crippen molar-refractivity contribution in [1.82, 2.24) is 0 Å². The first kappa shape index (κ1) is 51.6. The van der Waals surface area contributed by atoms with Gasteiger partial charge in [-0.25, -0.2) is 0 Å². The Labute approximate surface area is 512 Å². The van der Waals surface area contributed by atoms with Crippen molar-refractivity contribution in [2.75, 3.05) is 9.80 Å². The lowest BCUT2D eigenvalue weighted by Crippen LogP contribution is -2.26. The highest BCUT2D eigenvalue weighted by Crippen LogP contribution is 2.64. The maximum Gasteiger partial charge on any atom is 0.0726 e. The second-order valence-electron chi connectivity index (χ2n) is 27.0. The van der Waals surface area contributed by atoms with Gasteiger partial charge in [-0.15, -0.1) is 0 Å². The molecular weight excluding hydrogens is 1050 g/mol. The second-order valence-corrected chi connectivity index (χ2v) is 27.0. The maximum absolute atomic E-state index is 2.55. The van der Waals surface area contributed by atoms with Gasteiger partial charge in [0.05, 0.1) is 11.1 Å². The number of aryl methyl sites for hydroxylation is 3. The summed E-state index contributed by atoms with van der Waals surface area (Å²) < 4.78 is 0. The summed E-state index contributed by atoms with van der Waals surface area (Å²) in [5.74, 6) is 0. The molecule has 0 bridgehead atoms. The highest BCUT2D eigenvalue weighted by molar-refractivity contribution is 5.99. The van der Waals surface area contributed by atoms with Crippen molar-refractivity contribution in [2.45, 2.75) is 84.0 Å². The molecule has 418 valence electrons. The van der Waals surface area contributed by atoms with Gasteiger partial charge in [0.2, 0.25) is 0 Å². The number of rotatable bonds is 7. The fraction of sp³-hybridized carbons (Fsp3) is 0.153. The standard InChI is InChI=1S/C85H68N2/c1-51-29-39-64-66-42-36-57(48-77(66)83(6,7)75(64)45-51)86(58-37-43-67-65-40-30-52(2)46-76(65)84(8,9)78(67)49-58)56-35-41-60(53(3)47-56)54-31-33-55(34-32-54)87(80-28-18-27-74-81(80)69-22-13-14-23-70(69)82(74,4)5)59-38-44-68-63-21-12-17-26-73(63)85(79(68)50-59)71-24-15-10-19-61(71)62-20-11-16-25-72(62)85/h10-50H,1-9H3. The van der Waals surface area contributed by atoms with E-state index in [1.165, 1.54) is 145 Å². The first-order valence-corrected chi connectivity index (χ1v) is 31.1. The van der Waals surface area contributed by atoms with Gasteiger partial charge >= 0.3 is 0 Å². The minimum Gasteiger partial charge on any atom is -0.310 e. The zero-order valence-corrected chi connectivity index (χ0v) is 51.1. The normalized spacial score (nSPS) is 15.3. The SMILES string of the molecule is Cc1ccc2c(c1)C(C)(C)c1cc(N(c3ccc(-c4ccc(N(c5ccc6c(c5)C5(c7ccccc7-c7ccccc75)c5ccccc5-6)c5cccc6c5-c5ccccc5C6(C)C)cc4)c(C)c3)c3ccc4c(c3)C(C)(C)c3cc(C)ccc3-4)ccc1-2. The van der Waals surface area contributed by atoms with Gasteiger partial charge in [-0.1, -0.05) is 235 Å². The van der Waals surface area contributed by atoms with Gasteiger partial charge in [0, 0.05) is 50.2 Å². The van der Waals surface area contributed by atoms with Crippen molar-refractivity contribution in [1.29, 1.82) is 0 Å². The summed E-state index contributed by atoms with van der Waals surface area (Å²) in [7, 11) is 0. The highest BCUT2D eigenvalue weighted by atomic mass is 15.2. The molecule has 0 amide bonds. The molecule has 0 radical (unpaired) electrons. The minimum absolute atomic E-state index is 0.149. The fourth-order valence-corrected chi connectivity index (χ4v) is 16.9. The summed E-state index contributed by atoms with van der Waals surface area (Å²) in [5, 5.41) is 0.